The van der Waals surface area contributed by atoms with Crippen LogP contribution < -0.4 is 10.6 Å². The summed E-state index contributed by atoms with van der Waals surface area (Å²) >= 11 is 0. The molecular formula is C17H15N5O2. The lowest BCUT2D eigenvalue weighted by Crippen LogP contribution is -2.68. The van der Waals surface area contributed by atoms with Crippen LogP contribution in [0.1, 0.15) is 37.5 Å². The fourth-order valence-electron chi connectivity index (χ4n) is 4.91. The minimum atomic E-state index is -1.86. The van der Waals surface area contributed by atoms with Crippen molar-refractivity contribution in [3.8, 4) is 18.2 Å². The molecule has 1 saturated carbocycles. The number of carbonyl (C=O) groups excluding carboxylic acids is 1. The van der Waals surface area contributed by atoms with Gasteiger partial charge in [-0.05, 0) is 31.4 Å². The second kappa shape index (κ2) is 4.60. The first-order valence-corrected chi connectivity index (χ1v) is 7.98. The van der Waals surface area contributed by atoms with Crippen LogP contribution in [0.5, 0.6) is 0 Å². The number of nitrogens with one attached hydrogen (secondary N) is 2. The van der Waals surface area contributed by atoms with Crippen molar-refractivity contribution in [2.75, 3.05) is 0 Å². The van der Waals surface area contributed by atoms with Gasteiger partial charge in [-0.2, -0.15) is 15.8 Å². The Bertz CT molecular complexity index is 813. The highest BCUT2D eigenvalue weighted by atomic mass is 16.3. The van der Waals surface area contributed by atoms with E-state index in [2.05, 4.69) is 16.7 Å². The van der Waals surface area contributed by atoms with E-state index >= 15 is 0 Å². The van der Waals surface area contributed by atoms with Crippen LogP contribution in [0, 0.1) is 50.7 Å². The summed E-state index contributed by atoms with van der Waals surface area (Å²) in [6.07, 6.45) is 4.51. The van der Waals surface area contributed by atoms with Crippen molar-refractivity contribution in [3.63, 3.8) is 0 Å². The molecule has 2 saturated heterocycles. The summed E-state index contributed by atoms with van der Waals surface area (Å²) in [5.41, 5.74) is -4.33. The lowest BCUT2D eigenvalue weighted by molar-refractivity contribution is -0.130. The average Bonchev–Trinajstić information content (AvgIpc) is 3.19. The molecule has 1 aromatic heterocycles. The third kappa shape index (κ3) is 1.36. The van der Waals surface area contributed by atoms with Crippen LogP contribution in [0.4, 0.5) is 0 Å². The van der Waals surface area contributed by atoms with Crippen LogP contribution in [-0.4, -0.2) is 11.6 Å². The van der Waals surface area contributed by atoms with E-state index in [1.54, 1.807) is 12.1 Å². The molecule has 0 radical (unpaired) electrons. The zero-order chi connectivity index (χ0) is 17.0. The predicted molar refractivity (Wildman–Crippen MR) is 79.1 cm³/mol. The normalized spacial score (nSPS) is 39.0. The van der Waals surface area contributed by atoms with Crippen LogP contribution in [0.15, 0.2) is 22.8 Å². The van der Waals surface area contributed by atoms with Gasteiger partial charge in [-0.3, -0.25) is 10.1 Å². The van der Waals surface area contributed by atoms with Gasteiger partial charge in [-0.1, -0.05) is 6.42 Å². The lowest BCUT2D eigenvalue weighted by Gasteiger charge is -2.53. The van der Waals surface area contributed by atoms with E-state index in [-0.39, 0.29) is 0 Å². The van der Waals surface area contributed by atoms with Gasteiger partial charge in [0, 0.05) is 5.92 Å². The van der Waals surface area contributed by atoms with Gasteiger partial charge in [0.1, 0.15) is 11.8 Å². The maximum absolute atomic E-state index is 12.9. The van der Waals surface area contributed by atoms with Gasteiger partial charge in [0.25, 0.3) is 0 Å². The first-order valence-electron chi connectivity index (χ1n) is 7.98. The highest BCUT2D eigenvalue weighted by molar-refractivity contribution is 5.92. The second-order valence-electron chi connectivity index (χ2n) is 6.77. The maximum atomic E-state index is 12.9. The summed E-state index contributed by atoms with van der Waals surface area (Å²) in [6.45, 7) is 0. The second-order valence-corrected chi connectivity index (χ2v) is 6.77. The van der Waals surface area contributed by atoms with Crippen molar-refractivity contribution in [2.24, 2.45) is 16.7 Å². The third-order valence-corrected chi connectivity index (χ3v) is 5.94. The molecular weight excluding hydrogens is 306 g/mol. The molecule has 4 atom stereocenters. The number of amides is 1. The van der Waals surface area contributed by atoms with E-state index in [0.29, 0.717) is 18.6 Å². The first-order chi connectivity index (χ1) is 11.6. The standard InChI is InChI=1S/C17H15N5O2/c18-8-15(9-19)13(11-4-3-7-24-11)21-17-6-2-1-5-12(17)16(15,10-20)14(23)22-17/h3-4,7,12-13,21H,1-2,5-6H2,(H,22,23)/t12-,13+,16+,17+/m0/s1. The molecule has 1 aliphatic carbocycles. The average molecular weight is 321 g/mol. The summed E-state index contributed by atoms with van der Waals surface area (Å²) < 4.78 is 5.44. The summed E-state index contributed by atoms with van der Waals surface area (Å²) in [5.74, 6) is -0.555. The molecule has 2 N–H and O–H groups in total. The molecule has 3 fully saturated rings. The Hall–Kier alpha value is -2.82. The van der Waals surface area contributed by atoms with E-state index < -0.39 is 34.4 Å². The van der Waals surface area contributed by atoms with Gasteiger partial charge >= 0.3 is 0 Å². The molecule has 2 aliphatic heterocycles. The molecule has 3 aliphatic rings. The number of nitriles is 3. The highest BCUT2D eigenvalue weighted by Gasteiger charge is 2.79. The summed E-state index contributed by atoms with van der Waals surface area (Å²) in [7, 11) is 0. The minimum absolute atomic E-state index is 0.387. The van der Waals surface area contributed by atoms with Gasteiger partial charge in [0.2, 0.25) is 5.91 Å². The fraction of sp³-hybridized carbons (Fsp3) is 0.529. The Morgan fingerprint density at radius 1 is 1.21 bits per heavy atom. The zero-order valence-electron chi connectivity index (χ0n) is 12.9. The molecule has 0 aromatic carbocycles. The van der Waals surface area contributed by atoms with Crippen molar-refractivity contribution in [2.45, 2.75) is 37.4 Å². The summed E-state index contributed by atoms with van der Waals surface area (Å²) in [5, 5.41) is 36.2. The Morgan fingerprint density at radius 3 is 2.62 bits per heavy atom. The van der Waals surface area contributed by atoms with Crippen molar-refractivity contribution < 1.29 is 9.21 Å². The van der Waals surface area contributed by atoms with Gasteiger partial charge in [0.05, 0.1) is 30.1 Å². The molecule has 1 amide bonds. The van der Waals surface area contributed by atoms with Crippen molar-refractivity contribution in [1.29, 1.82) is 15.8 Å². The van der Waals surface area contributed by atoms with E-state index in [1.165, 1.54) is 6.26 Å². The Kier molecular flexibility index (Phi) is 2.83. The number of rotatable bonds is 1. The fourth-order valence-corrected chi connectivity index (χ4v) is 4.91. The predicted octanol–water partition coefficient (Wildman–Crippen LogP) is 1.48. The van der Waals surface area contributed by atoms with Crippen LogP contribution in [0.3, 0.4) is 0 Å². The molecule has 0 spiro atoms. The monoisotopic (exact) mass is 321 g/mol. The quantitative estimate of drug-likeness (QED) is 0.807. The van der Waals surface area contributed by atoms with Crippen LogP contribution in [-0.2, 0) is 4.79 Å². The number of hydrogen-bond donors (Lipinski definition) is 2. The molecule has 2 bridgehead atoms. The van der Waals surface area contributed by atoms with Crippen LogP contribution in [0.2, 0.25) is 0 Å². The van der Waals surface area contributed by atoms with Crippen LogP contribution in [0.25, 0.3) is 0 Å². The molecule has 0 unspecified atom stereocenters. The summed E-state index contributed by atoms with van der Waals surface area (Å²) in [6, 6.07) is 8.61. The molecule has 3 heterocycles. The van der Waals surface area contributed by atoms with Gasteiger partial charge < -0.3 is 9.73 Å². The Labute approximate surface area is 138 Å². The van der Waals surface area contributed by atoms with E-state index in [1.807, 2.05) is 12.1 Å². The minimum Gasteiger partial charge on any atom is -0.468 e. The van der Waals surface area contributed by atoms with Gasteiger partial charge in [-0.25, -0.2) is 0 Å². The molecule has 1 aromatic rings. The number of nitrogens with zero attached hydrogens (tertiary/aromatic N) is 3. The molecule has 4 rings (SSSR count). The van der Waals surface area contributed by atoms with Gasteiger partial charge in [-0.15, -0.1) is 0 Å². The molecule has 120 valence electrons. The van der Waals surface area contributed by atoms with Gasteiger partial charge in [0.15, 0.2) is 10.8 Å². The molecule has 7 heteroatoms. The van der Waals surface area contributed by atoms with E-state index in [0.717, 1.165) is 12.8 Å². The number of carbonyl (C=O) groups is 1. The summed E-state index contributed by atoms with van der Waals surface area (Å²) in [4.78, 5) is 12.9. The third-order valence-electron chi connectivity index (χ3n) is 5.94. The molecule has 7 nitrogen and oxygen atoms in total. The van der Waals surface area contributed by atoms with E-state index in [4.69, 9.17) is 4.42 Å². The van der Waals surface area contributed by atoms with Crippen LogP contribution >= 0.6 is 0 Å². The Morgan fingerprint density at radius 2 is 2.00 bits per heavy atom. The zero-order valence-corrected chi connectivity index (χ0v) is 12.9. The SMILES string of the molecule is N#CC1(C#N)[C@@H](c2ccco2)N[C@@]23CCCC[C@H]2[C@]1(C#N)C(=O)N3. The number of hydrogen-bond acceptors (Lipinski definition) is 6. The van der Waals surface area contributed by atoms with Crippen molar-refractivity contribution in [1.82, 2.24) is 10.6 Å². The smallest absolute Gasteiger partial charge is 0.245 e. The largest absolute Gasteiger partial charge is 0.468 e. The van der Waals surface area contributed by atoms with Crippen molar-refractivity contribution >= 4 is 5.91 Å². The Balaban J connectivity index is 2.02. The molecule has 24 heavy (non-hydrogen) atoms. The van der Waals surface area contributed by atoms with E-state index in [9.17, 15) is 20.6 Å². The number of furan rings is 1. The first kappa shape index (κ1) is 14.8. The topological polar surface area (TPSA) is 126 Å². The van der Waals surface area contributed by atoms with Crippen molar-refractivity contribution in [3.05, 3.63) is 24.2 Å². The highest BCUT2D eigenvalue weighted by Crippen LogP contribution is 2.64. The maximum Gasteiger partial charge on any atom is 0.245 e. The lowest BCUT2D eigenvalue weighted by atomic mass is 9.50. The number of piperidine rings is 1.